The third-order valence-corrected chi connectivity index (χ3v) is 5.59. The number of thioether (sulfide) groups is 1. The summed E-state index contributed by atoms with van der Waals surface area (Å²) in [5.74, 6) is -0.756. The van der Waals surface area contributed by atoms with Crippen LogP contribution < -0.4 is 5.32 Å². The lowest BCUT2D eigenvalue weighted by Gasteiger charge is -2.26. The van der Waals surface area contributed by atoms with E-state index in [1.54, 1.807) is 25.2 Å². The fourth-order valence-corrected chi connectivity index (χ4v) is 3.85. The fraction of sp³-hybridized carbons (Fsp3) is 0.263. The molecule has 0 radical (unpaired) electrons. The maximum absolute atomic E-state index is 12.8. The Hall–Kier alpha value is -2.68. The Kier molecular flexibility index (Phi) is 5.55. The molecule has 0 aliphatic carbocycles. The molecule has 1 aliphatic rings. The highest BCUT2D eigenvalue weighted by Crippen LogP contribution is 2.40. The monoisotopic (exact) mass is 410 g/mol. The number of anilines is 1. The van der Waals surface area contributed by atoms with E-state index >= 15 is 0 Å². The molecule has 1 heterocycles. The standard InChI is InChI=1S/C19H17F3N2O3S/c1-24(10-11-4-2-3-5-14(11)25)17(26)9-16-18(27)23-13-8-12(19(20,21)22)6-7-15(13)28-16/h2-8,16,25H,9-10H2,1H3,(H,23,27)/t16-/m0/s1. The maximum atomic E-state index is 12.8. The van der Waals surface area contributed by atoms with Crippen LogP contribution in [0.1, 0.15) is 17.5 Å². The first kappa shape index (κ1) is 20.1. The molecule has 0 bridgehead atoms. The average Bonchev–Trinajstić information content (AvgIpc) is 2.63. The number of nitrogens with one attached hydrogen (secondary N) is 1. The van der Waals surface area contributed by atoms with Gasteiger partial charge in [-0.05, 0) is 24.3 Å². The summed E-state index contributed by atoms with van der Waals surface area (Å²) in [6.45, 7) is 0.177. The van der Waals surface area contributed by atoms with Crippen LogP contribution in [0.5, 0.6) is 5.75 Å². The zero-order valence-corrected chi connectivity index (χ0v) is 15.6. The van der Waals surface area contributed by atoms with Crippen LogP contribution >= 0.6 is 11.8 Å². The van der Waals surface area contributed by atoms with Crippen LogP contribution in [0.4, 0.5) is 18.9 Å². The van der Waals surface area contributed by atoms with Crippen molar-refractivity contribution in [3.8, 4) is 5.75 Å². The van der Waals surface area contributed by atoms with E-state index in [1.165, 1.54) is 17.0 Å². The van der Waals surface area contributed by atoms with Crippen molar-refractivity contribution >= 4 is 29.3 Å². The number of nitrogens with zero attached hydrogens (tertiary/aromatic N) is 1. The van der Waals surface area contributed by atoms with Crippen molar-refractivity contribution in [2.45, 2.75) is 29.3 Å². The number of amides is 2. The molecule has 2 N–H and O–H groups in total. The minimum absolute atomic E-state index is 0.0707. The van der Waals surface area contributed by atoms with Crippen molar-refractivity contribution < 1.29 is 27.9 Å². The smallest absolute Gasteiger partial charge is 0.416 e. The quantitative estimate of drug-likeness (QED) is 0.803. The molecule has 0 aromatic heterocycles. The zero-order chi connectivity index (χ0) is 20.5. The molecule has 1 aliphatic heterocycles. The molecule has 5 nitrogen and oxygen atoms in total. The minimum atomic E-state index is -4.50. The molecule has 1 atom stereocenters. The summed E-state index contributed by atoms with van der Waals surface area (Å²) in [5.41, 5.74) is -0.177. The predicted octanol–water partition coefficient (Wildman–Crippen LogP) is 3.87. The van der Waals surface area contributed by atoms with Gasteiger partial charge in [0.25, 0.3) is 0 Å². The summed E-state index contributed by atoms with van der Waals surface area (Å²) < 4.78 is 38.4. The number of fused-ring (bicyclic) bond motifs is 1. The normalized spacial score (nSPS) is 16.3. The maximum Gasteiger partial charge on any atom is 0.416 e. The molecule has 9 heteroatoms. The number of para-hydroxylation sites is 1. The predicted molar refractivity (Wildman–Crippen MR) is 98.9 cm³/mol. The SMILES string of the molecule is CN(Cc1ccccc1O)C(=O)C[C@@H]1Sc2ccc(C(F)(F)F)cc2NC1=O. The molecule has 2 aromatic carbocycles. The van der Waals surface area contributed by atoms with Crippen LogP contribution in [0.2, 0.25) is 0 Å². The number of hydrogen-bond acceptors (Lipinski definition) is 4. The molecule has 0 unspecified atom stereocenters. The molecular weight excluding hydrogens is 393 g/mol. The van der Waals surface area contributed by atoms with Gasteiger partial charge in [-0.3, -0.25) is 9.59 Å². The Morgan fingerprint density at radius 1 is 1.25 bits per heavy atom. The minimum Gasteiger partial charge on any atom is -0.508 e. The van der Waals surface area contributed by atoms with Crippen molar-refractivity contribution in [3.63, 3.8) is 0 Å². The Balaban J connectivity index is 1.67. The summed E-state index contributed by atoms with van der Waals surface area (Å²) in [5, 5.41) is 11.5. The van der Waals surface area contributed by atoms with E-state index in [2.05, 4.69) is 5.32 Å². The molecule has 0 saturated carbocycles. The molecule has 148 valence electrons. The van der Waals surface area contributed by atoms with Gasteiger partial charge in [-0.15, -0.1) is 11.8 Å². The second kappa shape index (κ2) is 7.75. The summed E-state index contributed by atoms with van der Waals surface area (Å²) in [4.78, 5) is 26.6. The summed E-state index contributed by atoms with van der Waals surface area (Å²) >= 11 is 1.06. The molecule has 28 heavy (non-hydrogen) atoms. The van der Waals surface area contributed by atoms with Crippen molar-refractivity contribution in [2.24, 2.45) is 0 Å². The van der Waals surface area contributed by atoms with Crippen LogP contribution in [0, 0.1) is 0 Å². The van der Waals surface area contributed by atoms with Crippen molar-refractivity contribution in [2.75, 3.05) is 12.4 Å². The second-order valence-corrected chi connectivity index (χ2v) is 7.63. The Morgan fingerprint density at radius 2 is 1.96 bits per heavy atom. The van der Waals surface area contributed by atoms with Gasteiger partial charge in [0.2, 0.25) is 11.8 Å². The van der Waals surface area contributed by atoms with E-state index < -0.39 is 22.9 Å². The third-order valence-electron chi connectivity index (χ3n) is 4.31. The van der Waals surface area contributed by atoms with E-state index in [0.717, 1.165) is 23.9 Å². The summed E-state index contributed by atoms with van der Waals surface area (Å²) in [6.07, 6.45) is -4.61. The first-order chi connectivity index (χ1) is 13.1. The average molecular weight is 410 g/mol. The van der Waals surface area contributed by atoms with Crippen LogP contribution in [0.15, 0.2) is 47.4 Å². The number of alkyl halides is 3. The lowest BCUT2D eigenvalue weighted by Crippen LogP contribution is -2.35. The molecule has 0 spiro atoms. The number of benzene rings is 2. The molecule has 2 amide bonds. The van der Waals surface area contributed by atoms with Crippen LogP contribution in [0.3, 0.4) is 0 Å². The van der Waals surface area contributed by atoms with Crippen LogP contribution in [0.25, 0.3) is 0 Å². The van der Waals surface area contributed by atoms with Crippen molar-refractivity contribution in [3.05, 3.63) is 53.6 Å². The van der Waals surface area contributed by atoms with E-state index in [0.29, 0.717) is 10.5 Å². The second-order valence-electron chi connectivity index (χ2n) is 6.39. The van der Waals surface area contributed by atoms with Gasteiger partial charge in [-0.2, -0.15) is 13.2 Å². The number of rotatable bonds is 4. The van der Waals surface area contributed by atoms with Gasteiger partial charge in [0.1, 0.15) is 5.75 Å². The molecule has 0 saturated heterocycles. The van der Waals surface area contributed by atoms with Gasteiger partial charge in [-0.25, -0.2) is 0 Å². The highest BCUT2D eigenvalue weighted by Gasteiger charge is 2.34. The van der Waals surface area contributed by atoms with Crippen LogP contribution in [-0.2, 0) is 22.3 Å². The van der Waals surface area contributed by atoms with Gasteiger partial charge in [0.15, 0.2) is 0 Å². The topological polar surface area (TPSA) is 69.6 Å². The number of aromatic hydroxyl groups is 1. The van der Waals surface area contributed by atoms with E-state index in [9.17, 15) is 27.9 Å². The number of hydrogen-bond donors (Lipinski definition) is 2. The molecule has 2 aromatic rings. The Labute approximate surface area is 163 Å². The van der Waals surface area contributed by atoms with Gasteiger partial charge < -0.3 is 15.3 Å². The van der Waals surface area contributed by atoms with Gasteiger partial charge in [0.05, 0.1) is 16.5 Å². The summed E-state index contributed by atoms with van der Waals surface area (Å²) in [7, 11) is 1.56. The Morgan fingerprint density at radius 3 is 2.64 bits per heavy atom. The van der Waals surface area contributed by atoms with Gasteiger partial charge in [0, 0.05) is 30.5 Å². The number of phenolic OH excluding ortho intramolecular Hbond substituents is 1. The fourth-order valence-electron chi connectivity index (χ4n) is 2.76. The lowest BCUT2D eigenvalue weighted by molar-refractivity contribution is -0.137. The van der Waals surface area contributed by atoms with Crippen LogP contribution in [-0.4, -0.2) is 34.1 Å². The third kappa shape index (κ3) is 4.41. The van der Waals surface area contributed by atoms with Crippen molar-refractivity contribution in [1.29, 1.82) is 0 Å². The molecular formula is C19H17F3N2O3S. The number of halogens is 3. The Bertz CT molecular complexity index is 918. The largest absolute Gasteiger partial charge is 0.508 e. The first-order valence-electron chi connectivity index (χ1n) is 8.35. The molecule has 0 fully saturated rings. The highest BCUT2D eigenvalue weighted by atomic mass is 32.2. The van der Waals surface area contributed by atoms with E-state index in [4.69, 9.17) is 0 Å². The van der Waals surface area contributed by atoms with Gasteiger partial charge in [-0.1, -0.05) is 18.2 Å². The first-order valence-corrected chi connectivity index (χ1v) is 9.22. The number of carbonyl (C=O) groups is 2. The highest BCUT2D eigenvalue weighted by molar-refractivity contribution is 8.01. The number of carbonyl (C=O) groups excluding carboxylic acids is 2. The zero-order valence-electron chi connectivity index (χ0n) is 14.8. The van der Waals surface area contributed by atoms with E-state index in [1.807, 2.05) is 0 Å². The van der Waals surface area contributed by atoms with Crippen molar-refractivity contribution in [1.82, 2.24) is 4.90 Å². The lowest BCUT2D eigenvalue weighted by atomic mass is 10.1. The van der Waals surface area contributed by atoms with E-state index in [-0.39, 0.29) is 30.3 Å². The summed E-state index contributed by atoms with van der Waals surface area (Å²) in [6, 6.07) is 9.76. The van der Waals surface area contributed by atoms with Gasteiger partial charge >= 0.3 is 6.18 Å². The molecule has 3 rings (SSSR count). The number of phenols is 1.